The lowest BCUT2D eigenvalue weighted by atomic mass is 10.4. The Balaban J connectivity index is 2.16. The first-order chi connectivity index (χ1) is 6.45. The molecule has 2 rings (SSSR count). The summed E-state index contributed by atoms with van der Waals surface area (Å²) in [5, 5.41) is 0. The Morgan fingerprint density at radius 1 is 0.538 bits per heavy atom. The van der Waals surface area contributed by atoms with Crippen molar-refractivity contribution in [3.8, 4) is 0 Å². The molecular weight excluding hydrogens is 171 g/mol. The van der Waals surface area contributed by atoms with Crippen LogP contribution < -0.4 is 8.85 Å². The summed E-state index contributed by atoms with van der Waals surface area (Å²) in [5.74, 6) is 0. The summed E-state index contributed by atoms with van der Waals surface area (Å²) >= 11 is -0.234. The lowest BCUT2D eigenvalue weighted by Gasteiger charge is -1.97. The van der Waals surface area contributed by atoms with Gasteiger partial charge in [0.1, 0.15) is 0 Å². The molecule has 2 aromatic carbocycles. The van der Waals surface area contributed by atoms with E-state index in [0.717, 1.165) is 0 Å². The van der Waals surface area contributed by atoms with Crippen LogP contribution in [0.4, 0.5) is 0 Å². The number of hydrogen-bond acceptors (Lipinski definition) is 0. The molecular formula is C12H11Al. The van der Waals surface area contributed by atoms with Crippen molar-refractivity contribution in [3.05, 3.63) is 60.7 Å². The van der Waals surface area contributed by atoms with Gasteiger partial charge in [0.25, 0.3) is 0 Å². The molecule has 62 valence electrons. The van der Waals surface area contributed by atoms with Gasteiger partial charge in [0.05, 0.1) is 0 Å². The molecule has 0 unspecified atom stereocenters. The molecule has 13 heavy (non-hydrogen) atoms. The van der Waals surface area contributed by atoms with Gasteiger partial charge in [-0.2, -0.15) is 0 Å². The van der Waals surface area contributed by atoms with Crippen molar-refractivity contribution in [1.82, 2.24) is 0 Å². The van der Waals surface area contributed by atoms with Crippen LogP contribution in [0.3, 0.4) is 0 Å². The van der Waals surface area contributed by atoms with E-state index in [2.05, 4.69) is 60.7 Å². The molecule has 1 heteroatoms. The van der Waals surface area contributed by atoms with Crippen LogP contribution in [-0.2, 0) is 0 Å². The van der Waals surface area contributed by atoms with E-state index in [9.17, 15) is 0 Å². The Morgan fingerprint density at radius 2 is 0.923 bits per heavy atom. The van der Waals surface area contributed by atoms with Crippen LogP contribution in [0.1, 0.15) is 0 Å². The molecule has 0 atom stereocenters. The summed E-state index contributed by atoms with van der Waals surface area (Å²) in [6.45, 7) is 0. The van der Waals surface area contributed by atoms with Gasteiger partial charge in [-0.3, -0.25) is 0 Å². The summed E-state index contributed by atoms with van der Waals surface area (Å²) in [7, 11) is 0. The zero-order valence-electron chi connectivity index (χ0n) is 7.48. The topological polar surface area (TPSA) is 0 Å². The van der Waals surface area contributed by atoms with Crippen LogP contribution in [-0.4, -0.2) is 15.2 Å². The van der Waals surface area contributed by atoms with E-state index in [1.54, 1.807) is 0 Å². The first kappa shape index (κ1) is 8.57. The fraction of sp³-hybridized carbons (Fsp3) is 0. The maximum Gasteiger partial charge on any atom is 0.323 e. The fourth-order valence-corrected chi connectivity index (χ4v) is 2.91. The minimum absolute atomic E-state index is 0.234. The Bertz CT molecular complexity index is 316. The van der Waals surface area contributed by atoms with E-state index in [1.165, 1.54) is 8.85 Å². The second kappa shape index (κ2) is 4.28. The maximum absolute atomic E-state index is 2.22. The number of rotatable bonds is 2. The van der Waals surface area contributed by atoms with Crippen molar-refractivity contribution in [2.24, 2.45) is 0 Å². The second-order valence-corrected chi connectivity index (χ2v) is 5.13. The third-order valence-corrected chi connectivity index (χ3v) is 3.85. The van der Waals surface area contributed by atoms with E-state index in [1.807, 2.05) is 0 Å². The molecule has 0 spiro atoms. The molecule has 0 amide bonds. The first-order valence-corrected chi connectivity index (χ1v) is 5.94. The Hall–Kier alpha value is -1.03. The second-order valence-electron chi connectivity index (χ2n) is 3.15. The summed E-state index contributed by atoms with van der Waals surface area (Å²) in [6, 6.07) is 21.5. The van der Waals surface area contributed by atoms with E-state index in [4.69, 9.17) is 0 Å². The first-order valence-electron chi connectivity index (χ1n) is 4.53. The van der Waals surface area contributed by atoms with Crippen molar-refractivity contribution >= 4 is 24.1 Å². The van der Waals surface area contributed by atoms with Gasteiger partial charge in [0, 0.05) is 0 Å². The monoisotopic (exact) mass is 182 g/mol. The molecule has 0 aromatic heterocycles. The summed E-state index contributed by atoms with van der Waals surface area (Å²) < 4.78 is 3.02. The van der Waals surface area contributed by atoms with Gasteiger partial charge in [-0.1, -0.05) is 60.7 Å². The Kier molecular flexibility index (Phi) is 2.82. The highest BCUT2D eigenvalue weighted by Crippen LogP contribution is 1.84. The SMILES string of the molecule is c1cc[c]([AlH][c]2ccccc2)cc1. The van der Waals surface area contributed by atoms with E-state index in [-0.39, 0.29) is 15.2 Å². The minimum atomic E-state index is -0.234. The maximum atomic E-state index is 2.22. The third-order valence-electron chi connectivity index (χ3n) is 2.09. The molecule has 0 aliphatic rings. The molecule has 0 N–H and O–H groups in total. The van der Waals surface area contributed by atoms with Crippen LogP contribution >= 0.6 is 0 Å². The van der Waals surface area contributed by atoms with Gasteiger partial charge in [-0.05, 0) is 0 Å². The highest BCUT2D eigenvalue weighted by atomic mass is 27.1. The molecule has 0 fully saturated rings. The molecule has 2 aromatic rings. The number of hydrogen-bond donors (Lipinski definition) is 0. The van der Waals surface area contributed by atoms with Gasteiger partial charge in [0.15, 0.2) is 0 Å². The van der Waals surface area contributed by atoms with Crippen LogP contribution in [0.15, 0.2) is 60.7 Å². The normalized spacial score (nSPS) is 9.54. The van der Waals surface area contributed by atoms with Gasteiger partial charge in [-0.15, -0.1) is 8.85 Å². The van der Waals surface area contributed by atoms with Gasteiger partial charge in [-0.25, -0.2) is 0 Å². The highest BCUT2D eigenvalue weighted by molar-refractivity contribution is 6.67. The number of benzene rings is 2. The summed E-state index contributed by atoms with van der Waals surface area (Å²) in [4.78, 5) is 0. The zero-order chi connectivity index (χ0) is 8.93. The predicted octanol–water partition coefficient (Wildman–Crippen LogP) is 1.07. The van der Waals surface area contributed by atoms with Gasteiger partial charge < -0.3 is 0 Å². The molecule has 0 radical (unpaired) electrons. The van der Waals surface area contributed by atoms with Crippen molar-refractivity contribution in [2.75, 3.05) is 0 Å². The Morgan fingerprint density at radius 3 is 1.31 bits per heavy atom. The van der Waals surface area contributed by atoms with Crippen LogP contribution in [0.2, 0.25) is 0 Å². The molecule has 0 aliphatic heterocycles. The predicted molar refractivity (Wildman–Crippen MR) is 59.3 cm³/mol. The summed E-state index contributed by atoms with van der Waals surface area (Å²) in [6.07, 6.45) is 0. The van der Waals surface area contributed by atoms with E-state index >= 15 is 0 Å². The van der Waals surface area contributed by atoms with Crippen molar-refractivity contribution in [3.63, 3.8) is 0 Å². The molecule has 0 aliphatic carbocycles. The quantitative estimate of drug-likeness (QED) is 0.609. The lowest BCUT2D eigenvalue weighted by molar-refractivity contribution is 1.75. The molecule has 0 saturated heterocycles. The van der Waals surface area contributed by atoms with E-state index < -0.39 is 0 Å². The van der Waals surface area contributed by atoms with Gasteiger partial charge >= 0.3 is 15.2 Å². The smallest absolute Gasteiger partial charge is 0.109 e. The molecule has 0 saturated carbocycles. The average Bonchev–Trinajstić information content (AvgIpc) is 2.21. The van der Waals surface area contributed by atoms with Crippen LogP contribution in [0.5, 0.6) is 0 Å². The standard InChI is InChI=1S/2C6H5.Al.H/c2*1-2-4-6-5-3-1;;/h2*1-5H;;. The Labute approximate surface area is 84.9 Å². The van der Waals surface area contributed by atoms with E-state index in [0.29, 0.717) is 0 Å². The lowest BCUT2D eigenvalue weighted by Crippen LogP contribution is -2.26. The summed E-state index contributed by atoms with van der Waals surface area (Å²) in [5.41, 5.74) is 0. The fourth-order valence-electron chi connectivity index (χ4n) is 1.43. The highest BCUT2D eigenvalue weighted by Gasteiger charge is 1.97. The van der Waals surface area contributed by atoms with Crippen LogP contribution in [0.25, 0.3) is 0 Å². The van der Waals surface area contributed by atoms with Crippen molar-refractivity contribution < 1.29 is 0 Å². The molecule has 0 heterocycles. The molecule has 0 nitrogen and oxygen atoms in total. The van der Waals surface area contributed by atoms with Gasteiger partial charge in [0.2, 0.25) is 0 Å². The zero-order valence-corrected chi connectivity index (χ0v) is 8.89. The minimum Gasteiger partial charge on any atom is -0.109 e. The third kappa shape index (κ3) is 2.45. The molecule has 0 bridgehead atoms. The average molecular weight is 182 g/mol. The van der Waals surface area contributed by atoms with Crippen molar-refractivity contribution in [1.29, 1.82) is 0 Å². The van der Waals surface area contributed by atoms with Crippen LogP contribution in [0, 0.1) is 0 Å². The van der Waals surface area contributed by atoms with Crippen molar-refractivity contribution in [2.45, 2.75) is 0 Å². The largest absolute Gasteiger partial charge is 0.323 e.